The van der Waals surface area contributed by atoms with Gasteiger partial charge in [-0.1, -0.05) is 36.4 Å². The zero-order valence-corrected chi connectivity index (χ0v) is 16.3. The molecule has 3 aliphatic rings. The number of fused-ring (bicyclic) bond motifs is 1. The summed E-state index contributed by atoms with van der Waals surface area (Å²) in [4.78, 5) is 15.4. The molecule has 0 spiro atoms. The molecule has 0 aromatic heterocycles. The Morgan fingerprint density at radius 2 is 1.64 bits per heavy atom. The Morgan fingerprint density at radius 1 is 0.964 bits per heavy atom. The smallest absolute Gasteiger partial charge is 0.231 e. The summed E-state index contributed by atoms with van der Waals surface area (Å²) in [5.41, 5.74) is 2.27. The van der Waals surface area contributed by atoms with Crippen molar-refractivity contribution in [3.63, 3.8) is 0 Å². The second-order valence-electron chi connectivity index (χ2n) is 8.45. The van der Waals surface area contributed by atoms with Gasteiger partial charge in [0.25, 0.3) is 0 Å². The van der Waals surface area contributed by atoms with E-state index in [1.54, 1.807) is 0 Å². The lowest BCUT2D eigenvalue weighted by atomic mass is 9.87. The summed E-state index contributed by atoms with van der Waals surface area (Å²) in [5.74, 6) is 3.26. The van der Waals surface area contributed by atoms with E-state index in [4.69, 9.17) is 9.47 Å². The van der Waals surface area contributed by atoms with E-state index in [2.05, 4.69) is 23.1 Å². The topological polar surface area (TPSA) is 38.8 Å². The Kier molecular flexibility index (Phi) is 4.50. The first-order valence-electron chi connectivity index (χ1n) is 10.4. The van der Waals surface area contributed by atoms with E-state index in [-0.39, 0.29) is 18.6 Å². The van der Waals surface area contributed by atoms with Crippen molar-refractivity contribution in [2.75, 3.05) is 13.8 Å². The summed E-state index contributed by atoms with van der Waals surface area (Å²) < 4.78 is 11.0. The van der Waals surface area contributed by atoms with E-state index < -0.39 is 0 Å². The molecule has 4 nitrogen and oxygen atoms in total. The number of carbonyl (C=O) groups excluding carboxylic acids is 1. The lowest BCUT2D eigenvalue weighted by Gasteiger charge is -2.30. The van der Waals surface area contributed by atoms with Gasteiger partial charge in [-0.3, -0.25) is 4.79 Å². The van der Waals surface area contributed by atoms with Gasteiger partial charge in [0.15, 0.2) is 11.5 Å². The highest BCUT2D eigenvalue weighted by atomic mass is 16.7. The van der Waals surface area contributed by atoms with Crippen LogP contribution in [-0.4, -0.2) is 30.7 Å². The summed E-state index contributed by atoms with van der Waals surface area (Å²) in [7, 11) is 2.02. The second kappa shape index (κ2) is 7.16. The fourth-order valence-electron chi connectivity index (χ4n) is 4.62. The van der Waals surface area contributed by atoms with Gasteiger partial charge in [-0.25, -0.2) is 0 Å². The molecule has 0 N–H and O–H groups in total. The van der Waals surface area contributed by atoms with Gasteiger partial charge < -0.3 is 14.4 Å². The summed E-state index contributed by atoms with van der Waals surface area (Å²) in [5, 5.41) is 0. The Bertz CT molecular complexity index is 845. The number of amides is 1. The van der Waals surface area contributed by atoms with Crippen molar-refractivity contribution in [2.24, 2.45) is 11.8 Å². The summed E-state index contributed by atoms with van der Waals surface area (Å²) in [6, 6.07) is 16.8. The standard InChI is InChI=1S/C24H27NO3/c1-25(24(17-7-8-17)18-9-10-18)23(26)14-20(16-5-3-2-4-6-16)19-11-12-21-22(13-19)28-15-27-21/h2-6,11-13,17-18,20,24H,7-10,14-15H2,1H3/t20-/m1/s1. The van der Waals surface area contributed by atoms with Crippen molar-refractivity contribution in [3.05, 3.63) is 59.7 Å². The van der Waals surface area contributed by atoms with Crippen LogP contribution in [0.4, 0.5) is 0 Å². The maximum absolute atomic E-state index is 13.3. The molecule has 0 bridgehead atoms. The molecule has 5 rings (SSSR count). The molecular formula is C24H27NO3. The first-order valence-corrected chi connectivity index (χ1v) is 10.4. The van der Waals surface area contributed by atoms with Gasteiger partial charge in [-0.2, -0.15) is 0 Å². The first-order chi connectivity index (χ1) is 13.7. The maximum atomic E-state index is 13.3. The minimum absolute atomic E-state index is 0.0182. The molecule has 1 amide bonds. The number of benzene rings is 2. The fraction of sp³-hybridized carbons (Fsp3) is 0.458. The molecule has 0 unspecified atom stereocenters. The predicted molar refractivity (Wildman–Crippen MR) is 107 cm³/mol. The quantitative estimate of drug-likeness (QED) is 0.709. The van der Waals surface area contributed by atoms with Gasteiger partial charge >= 0.3 is 0 Å². The van der Waals surface area contributed by atoms with Crippen LogP contribution in [-0.2, 0) is 4.79 Å². The second-order valence-corrected chi connectivity index (χ2v) is 8.45. The molecule has 4 heteroatoms. The molecule has 2 fully saturated rings. The van der Waals surface area contributed by atoms with Gasteiger partial charge in [0.1, 0.15) is 0 Å². The van der Waals surface area contributed by atoms with Crippen LogP contribution in [0.1, 0.15) is 49.1 Å². The first kappa shape index (κ1) is 17.6. The minimum Gasteiger partial charge on any atom is -0.454 e. The Labute approximate surface area is 166 Å². The van der Waals surface area contributed by atoms with Gasteiger partial charge in [0.05, 0.1) is 0 Å². The molecule has 146 valence electrons. The maximum Gasteiger partial charge on any atom is 0.231 e. The lowest BCUT2D eigenvalue weighted by molar-refractivity contribution is -0.133. The molecule has 2 aromatic carbocycles. The lowest BCUT2D eigenvalue weighted by Crippen LogP contribution is -2.40. The van der Waals surface area contributed by atoms with Crippen molar-refractivity contribution >= 4 is 5.91 Å². The average Bonchev–Trinajstić information content (AvgIpc) is 3.66. The normalized spacial score (nSPS) is 18.9. The van der Waals surface area contributed by atoms with E-state index in [0.717, 1.165) is 34.5 Å². The third-order valence-electron chi connectivity index (χ3n) is 6.43. The third-order valence-corrected chi connectivity index (χ3v) is 6.43. The zero-order valence-electron chi connectivity index (χ0n) is 16.3. The highest BCUT2D eigenvalue weighted by Crippen LogP contribution is 2.47. The van der Waals surface area contributed by atoms with Gasteiger partial charge in [0.2, 0.25) is 12.7 Å². The van der Waals surface area contributed by atoms with Crippen LogP contribution in [0.3, 0.4) is 0 Å². The van der Waals surface area contributed by atoms with E-state index in [9.17, 15) is 4.79 Å². The van der Waals surface area contributed by atoms with Gasteiger partial charge in [0, 0.05) is 25.4 Å². The zero-order chi connectivity index (χ0) is 19.1. The van der Waals surface area contributed by atoms with Crippen LogP contribution in [0.2, 0.25) is 0 Å². The molecule has 2 aromatic rings. The van der Waals surface area contributed by atoms with Crippen LogP contribution < -0.4 is 9.47 Å². The molecule has 2 aliphatic carbocycles. The van der Waals surface area contributed by atoms with Crippen molar-refractivity contribution < 1.29 is 14.3 Å². The largest absolute Gasteiger partial charge is 0.454 e. The van der Waals surface area contributed by atoms with Crippen molar-refractivity contribution in [3.8, 4) is 11.5 Å². The monoisotopic (exact) mass is 377 g/mol. The molecule has 2 saturated carbocycles. The number of hydrogen-bond acceptors (Lipinski definition) is 3. The van der Waals surface area contributed by atoms with Crippen molar-refractivity contribution in [2.45, 2.75) is 44.1 Å². The molecule has 28 heavy (non-hydrogen) atoms. The Hall–Kier alpha value is -2.49. The van der Waals surface area contributed by atoms with Crippen molar-refractivity contribution in [1.82, 2.24) is 4.90 Å². The minimum atomic E-state index is 0.0182. The summed E-state index contributed by atoms with van der Waals surface area (Å²) in [6.07, 6.45) is 5.61. The van der Waals surface area contributed by atoms with E-state index in [0.29, 0.717) is 12.5 Å². The molecule has 1 heterocycles. The van der Waals surface area contributed by atoms with Crippen LogP contribution >= 0.6 is 0 Å². The van der Waals surface area contributed by atoms with Crippen LogP contribution in [0.5, 0.6) is 11.5 Å². The van der Waals surface area contributed by atoms with E-state index in [1.807, 2.05) is 37.4 Å². The molecule has 1 aliphatic heterocycles. The summed E-state index contributed by atoms with van der Waals surface area (Å²) in [6.45, 7) is 0.265. The molecule has 0 radical (unpaired) electrons. The number of carbonyl (C=O) groups is 1. The fourth-order valence-corrected chi connectivity index (χ4v) is 4.62. The molecule has 0 saturated heterocycles. The Balaban J connectivity index is 1.41. The Morgan fingerprint density at radius 3 is 2.32 bits per heavy atom. The van der Waals surface area contributed by atoms with Crippen LogP contribution in [0.25, 0.3) is 0 Å². The number of nitrogens with zero attached hydrogens (tertiary/aromatic N) is 1. The predicted octanol–water partition coefficient (Wildman–Crippen LogP) is 4.58. The molecular weight excluding hydrogens is 350 g/mol. The van der Waals surface area contributed by atoms with Gasteiger partial charge in [-0.15, -0.1) is 0 Å². The SMILES string of the molecule is CN(C(=O)C[C@H](c1ccccc1)c1ccc2c(c1)OCO2)C(C1CC1)C1CC1. The number of hydrogen-bond donors (Lipinski definition) is 0. The average molecular weight is 377 g/mol. The van der Waals surface area contributed by atoms with Crippen molar-refractivity contribution in [1.29, 1.82) is 0 Å². The van der Waals surface area contributed by atoms with Crippen LogP contribution in [0.15, 0.2) is 48.5 Å². The molecule has 1 atom stereocenters. The van der Waals surface area contributed by atoms with E-state index >= 15 is 0 Å². The highest BCUT2D eigenvalue weighted by molar-refractivity contribution is 5.78. The summed E-state index contributed by atoms with van der Waals surface area (Å²) >= 11 is 0. The highest BCUT2D eigenvalue weighted by Gasteiger charge is 2.45. The number of ether oxygens (including phenoxy) is 2. The van der Waals surface area contributed by atoms with Gasteiger partial charge in [-0.05, 0) is 60.8 Å². The van der Waals surface area contributed by atoms with E-state index in [1.165, 1.54) is 25.7 Å². The third kappa shape index (κ3) is 3.48. The van der Waals surface area contributed by atoms with Crippen LogP contribution in [0, 0.1) is 11.8 Å². The number of rotatable bonds is 7.